The van der Waals surface area contributed by atoms with Crippen LogP contribution in [0.2, 0.25) is 0 Å². The molecule has 0 aliphatic carbocycles. The molecule has 1 fully saturated rings. The van der Waals surface area contributed by atoms with Gasteiger partial charge in [-0.15, -0.1) is 11.3 Å². The minimum Gasteiger partial charge on any atom is -0.379 e. The lowest BCUT2D eigenvalue weighted by Crippen LogP contribution is -2.42. The van der Waals surface area contributed by atoms with Gasteiger partial charge in [-0.05, 0) is 28.1 Å². The van der Waals surface area contributed by atoms with Crippen molar-refractivity contribution in [3.63, 3.8) is 0 Å². The Morgan fingerprint density at radius 3 is 2.33 bits per heavy atom. The van der Waals surface area contributed by atoms with Gasteiger partial charge >= 0.3 is 0 Å². The SMILES string of the molecule is c1ccc(-c2ccc(CNCC(c3cccs3)N3CCOCC3)cc2)cc1. The Labute approximate surface area is 165 Å². The van der Waals surface area contributed by atoms with E-state index in [0.29, 0.717) is 6.04 Å². The van der Waals surface area contributed by atoms with Crippen molar-refractivity contribution in [3.8, 4) is 11.1 Å². The van der Waals surface area contributed by atoms with Crippen LogP contribution in [-0.4, -0.2) is 37.7 Å². The second kappa shape index (κ2) is 9.29. The smallest absolute Gasteiger partial charge is 0.0594 e. The van der Waals surface area contributed by atoms with Gasteiger partial charge in [-0.3, -0.25) is 4.90 Å². The maximum absolute atomic E-state index is 5.53. The molecule has 0 spiro atoms. The Hall–Kier alpha value is -1.98. The average Bonchev–Trinajstić information content (AvgIpc) is 3.27. The summed E-state index contributed by atoms with van der Waals surface area (Å²) in [5.41, 5.74) is 3.85. The topological polar surface area (TPSA) is 24.5 Å². The molecule has 2 aromatic carbocycles. The van der Waals surface area contributed by atoms with Crippen LogP contribution in [0.5, 0.6) is 0 Å². The monoisotopic (exact) mass is 378 g/mol. The van der Waals surface area contributed by atoms with E-state index in [-0.39, 0.29) is 0 Å². The normalized spacial score (nSPS) is 16.3. The molecule has 2 heterocycles. The molecule has 1 aliphatic heterocycles. The summed E-state index contributed by atoms with van der Waals surface area (Å²) < 4.78 is 5.53. The van der Waals surface area contributed by atoms with E-state index in [2.05, 4.69) is 82.3 Å². The number of nitrogens with one attached hydrogen (secondary N) is 1. The lowest BCUT2D eigenvalue weighted by atomic mass is 10.0. The molecule has 4 rings (SSSR count). The molecule has 3 aromatic rings. The third kappa shape index (κ3) is 4.85. The van der Waals surface area contributed by atoms with E-state index in [9.17, 15) is 0 Å². The van der Waals surface area contributed by atoms with E-state index in [1.54, 1.807) is 0 Å². The van der Waals surface area contributed by atoms with Crippen molar-refractivity contribution in [1.82, 2.24) is 10.2 Å². The van der Waals surface area contributed by atoms with Crippen molar-refractivity contribution in [3.05, 3.63) is 82.6 Å². The number of nitrogens with zero attached hydrogens (tertiary/aromatic N) is 1. The predicted octanol–water partition coefficient (Wildman–Crippen LogP) is 4.58. The molecule has 1 aliphatic rings. The molecule has 0 amide bonds. The molecule has 0 saturated carbocycles. The zero-order valence-corrected chi connectivity index (χ0v) is 16.3. The predicted molar refractivity (Wildman–Crippen MR) is 113 cm³/mol. The maximum Gasteiger partial charge on any atom is 0.0594 e. The van der Waals surface area contributed by atoms with Crippen LogP contribution < -0.4 is 5.32 Å². The van der Waals surface area contributed by atoms with Crippen LogP contribution in [0.1, 0.15) is 16.5 Å². The molecule has 140 valence electrons. The fraction of sp³-hybridized carbons (Fsp3) is 0.304. The van der Waals surface area contributed by atoms with E-state index < -0.39 is 0 Å². The van der Waals surface area contributed by atoms with Gasteiger partial charge in [-0.2, -0.15) is 0 Å². The largest absolute Gasteiger partial charge is 0.379 e. The highest BCUT2D eigenvalue weighted by Gasteiger charge is 2.22. The molecule has 0 bridgehead atoms. The minimum atomic E-state index is 0.428. The van der Waals surface area contributed by atoms with Gasteiger partial charge in [0.25, 0.3) is 0 Å². The summed E-state index contributed by atoms with van der Waals surface area (Å²) in [5.74, 6) is 0. The number of thiophene rings is 1. The molecular weight excluding hydrogens is 352 g/mol. The number of hydrogen-bond donors (Lipinski definition) is 1. The van der Waals surface area contributed by atoms with Crippen LogP contribution in [0.4, 0.5) is 0 Å². The fourth-order valence-corrected chi connectivity index (χ4v) is 4.44. The molecule has 4 heteroatoms. The summed E-state index contributed by atoms with van der Waals surface area (Å²) in [6.45, 7) is 5.54. The Morgan fingerprint density at radius 2 is 1.63 bits per heavy atom. The van der Waals surface area contributed by atoms with Gasteiger partial charge in [0.05, 0.1) is 19.3 Å². The van der Waals surface area contributed by atoms with Gasteiger partial charge in [-0.25, -0.2) is 0 Å². The first-order chi connectivity index (χ1) is 13.4. The molecule has 1 saturated heterocycles. The number of rotatable bonds is 7. The molecule has 1 unspecified atom stereocenters. The van der Waals surface area contributed by atoms with Gasteiger partial charge in [0.15, 0.2) is 0 Å². The van der Waals surface area contributed by atoms with Crippen molar-refractivity contribution >= 4 is 11.3 Å². The summed E-state index contributed by atoms with van der Waals surface area (Å²) in [6, 6.07) is 24.2. The van der Waals surface area contributed by atoms with Gasteiger partial charge in [0.2, 0.25) is 0 Å². The van der Waals surface area contributed by atoms with E-state index in [4.69, 9.17) is 4.74 Å². The number of ether oxygens (including phenoxy) is 1. The Kier molecular flexibility index (Phi) is 6.32. The van der Waals surface area contributed by atoms with Gasteiger partial charge in [-0.1, -0.05) is 60.7 Å². The molecule has 27 heavy (non-hydrogen) atoms. The first-order valence-corrected chi connectivity index (χ1v) is 10.5. The lowest BCUT2D eigenvalue weighted by molar-refractivity contribution is 0.0168. The Balaban J connectivity index is 1.36. The second-order valence-electron chi connectivity index (χ2n) is 6.87. The molecule has 1 aromatic heterocycles. The van der Waals surface area contributed by atoms with Crippen LogP contribution in [0, 0.1) is 0 Å². The second-order valence-corrected chi connectivity index (χ2v) is 7.85. The Bertz CT molecular complexity index is 796. The lowest BCUT2D eigenvalue weighted by Gasteiger charge is -2.34. The molecule has 0 radical (unpaired) electrons. The van der Waals surface area contributed by atoms with Crippen molar-refractivity contribution in [2.75, 3.05) is 32.8 Å². The quantitative estimate of drug-likeness (QED) is 0.651. The fourth-order valence-electron chi connectivity index (χ4n) is 3.58. The molecular formula is C23H26N2OS. The third-order valence-corrected chi connectivity index (χ3v) is 6.06. The van der Waals surface area contributed by atoms with Crippen molar-refractivity contribution in [2.45, 2.75) is 12.6 Å². The summed E-state index contributed by atoms with van der Waals surface area (Å²) >= 11 is 1.85. The van der Waals surface area contributed by atoms with Gasteiger partial charge in [0.1, 0.15) is 0 Å². The molecule has 3 nitrogen and oxygen atoms in total. The molecule has 1 N–H and O–H groups in total. The summed E-state index contributed by atoms with van der Waals surface area (Å²) in [5, 5.41) is 5.84. The number of benzene rings is 2. The summed E-state index contributed by atoms with van der Waals surface area (Å²) in [4.78, 5) is 3.98. The van der Waals surface area contributed by atoms with Crippen LogP contribution in [0.3, 0.4) is 0 Å². The third-order valence-electron chi connectivity index (χ3n) is 5.09. The Morgan fingerprint density at radius 1 is 0.889 bits per heavy atom. The van der Waals surface area contributed by atoms with E-state index in [1.807, 2.05) is 11.3 Å². The minimum absolute atomic E-state index is 0.428. The van der Waals surface area contributed by atoms with E-state index >= 15 is 0 Å². The van der Waals surface area contributed by atoms with E-state index in [0.717, 1.165) is 39.4 Å². The first kappa shape index (κ1) is 18.4. The number of hydrogen-bond acceptors (Lipinski definition) is 4. The van der Waals surface area contributed by atoms with Gasteiger partial charge in [0, 0.05) is 31.1 Å². The zero-order chi connectivity index (χ0) is 18.3. The standard InChI is InChI=1S/C23H26N2OS/c1-2-5-20(6-3-1)21-10-8-19(9-11-21)17-24-18-22(23-7-4-16-27-23)25-12-14-26-15-13-25/h1-11,16,22,24H,12-15,17-18H2. The maximum atomic E-state index is 5.53. The summed E-state index contributed by atoms with van der Waals surface area (Å²) in [7, 11) is 0. The van der Waals surface area contributed by atoms with Crippen LogP contribution in [-0.2, 0) is 11.3 Å². The highest BCUT2D eigenvalue weighted by molar-refractivity contribution is 7.10. The average molecular weight is 379 g/mol. The highest BCUT2D eigenvalue weighted by Crippen LogP contribution is 2.25. The summed E-state index contributed by atoms with van der Waals surface area (Å²) in [6.07, 6.45) is 0. The van der Waals surface area contributed by atoms with E-state index in [1.165, 1.54) is 21.6 Å². The first-order valence-electron chi connectivity index (χ1n) is 9.60. The molecule has 1 atom stereocenters. The zero-order valence-electron chi connectivity index (χ0n) is 15.5. The van der Waals surface area contributed by atoms with Gasteiger partial charge < -0.3 is 10.1 Å². The van der Waals surface area contributed by atoms with Crippen molar-refractivity contribution < 1.29 is 4.74 Å². The van der Waals surface area contributed by atoms with Crippen molar-refractivity contribution in [2.24, 2.45) is 0 Å². The van der Waals surface area contributed by atoms with Crippen LogP contribution in [0.25, 0.3) is 11.1 Å². The van der Waals surface area contributed by atoms with Crippen LogP contribution in [0.15, 0.2) is 72.1 Å². The number of morpholine rings is 1. The highest BCUT2D eigenvalue weighted by atomic mass is 32.1. The van der Waals surface area contributed by atoms with Crippen LogP contribution >= 0.6 is 11.3 Å². The van der Waals surface area contributed by atoms with Crippen molar-refractivity contribution in [1.29, 1.82) is 0 Å².